The number of carbonyl (C=O) groups is 1. The molecule has 0 bridgehead atoms. The standard InChI is InChI=1S/C6H8O6.Zn/c7-1-2(8)5-3(9)4(10)6(11)12-5;/h2,5,7-10H,1H2;/q;+2/t2-,5+;/m0./s1. The Morgan fingerprint density at radius 3 is 2.31 bits per heavy atom. The minimum Gasteiger partial charge on any atom is -0.505 e. The Bertz CT molecular complexity index is 237. The molecule has 0 aromatic heterocycles. The first-order valence-electron chi connectivity index (χ1n) is 3.20. The predicted octanol–water partition coefficient (Wildman–Crippen LogP) is -1.41. The van der Waals surface area contributed by atoms with Crippen LogP contribution in [0.1, 0.15) is 0 Å². The molecule has 0 saturated heterocycles. The summed E-state index contributed by atoms with van der Waals surface area (Å²) in [4.78, 5) is 10.5. The van der Waals surface area contributed by atoms with Crippen LogP contribution in [0.2, 0.25) is 0 Å². The molecule has 0 aromatic carbocycles. The van der Waals surface area contributed by atoms with E-state index in [-0.39, 0.29) is 19.5 Å². The number of hydrogen-bond donors (Lipinski definition) is 4. The minimum atomic E-state index is -1.42. The van der Waals surface area contributed by atoms with E-state index in [9.17, 15) is 4.79 Å². The third-order valence-corrected chi connectivity index (χ3v) is 1.48. The summed E-state index contributed by atoms with van der Waals surface area (Å²) in [5.41, 5.74) is 0. The minimum absolute atomic E-state index is 0. The fourth-order valence-electron chi connectivity index (χ4n) is 0.823. The van der Waals surface area contributed by atoms with Crippen molar-refractivity contribution in [3.8, 4) is 0 Å². The van der Waals surface area contributed by atoms with E-state index in [4.69, 9.17) is 20.4 Å². The van der Waals surface area contributed by atoms with Crippen LogP contribution in [-0.2, 0) is 29.0 Å². The molecule has 1 aliphatic rings. The SMILES string of the molecule is O=C1O[C@H]([C@@H](O)CO)C(O)=C1O.[Zn+2]. The van der Waals surface area contributed by atoms with Gasteiger partial charge in [0, 0.05) is 0 Å². The smallest absolute Gasteiger partial charge is 0.505 e. The summed E-state index contributed by atoms with van der Waals surface area (Å²) in [5.74, 6) is -2.78. The topological polar surface area (TPSA) is 107 Å². The van der Waals surface area contributed by atoms with Gasteiger partial charge in [0.05, 0.1) is 6.61 Å². The Morgan fingerprint density at radius 2 is 2.00 bits per heavy atom. The van der Waals surface area contributed by atoms with Crippen molar-refractivity contribution >= 4 is 5.97 Å². The first kappa shape index (κ1) is 12.4. The maximum Gasteiger partial charge on any atom is 2.00 e. The molecule has 4 N–H and O–H groups in total. The van der Waals surface area contributed by atoms with Gasteiger partial charge in [0.2, 0.25) is 5.76 Å². The Morgan fingerprint density at radius 1 is 1.46 bits per heavy atom. The summed E-state index contributed by atoms with van der Waals surface area (Å²) in [6, 6.07) is 0. The zero-order chi connectivity index (χ0) is 9.30. The number of aliphatic hydroxyl groups is 4. The van der Waals surface area contributed by atoms with Gasteiger partial charge >= 0.3 is 25.4 Å². The molecular weight excluding hydrogens is 233 g/mol. The summed E-state index contributed by atoms with van der Waals surface area (Å²) >= 11 is 0. The van der Waals surface area contributed by atoms with Crippen LogP contribution in [-0.4, -0.2) is 45.2 Å². The van der Waals surface area contributed by atoms with Crippen molar-refractivity contribution in [3.05, 3.63) is 11.5 Å². The third kappa shape index (κ3) is 2.18. The van der Waals surface area contributed by atoms with E-state index in [0.29, 0.717) is 0 Å². The largest absolute Gasteiger partial charge is 2.00 e. The summed E-state index contributed by atoms with van der Waals surface area (Å²) in [6.07, 6.45) is -2.78. The van der Waals surface area contributed by atoms with E-state index in [0.717, 1.165) is 0 Å². The van der Waals surface area contributed by atoms with E-state index in [1.807, 2.05) is 0 Å². The van der Waals surface area contributed by atoms with Crippen LogP contribution in [0.25, 0.3) is 0 Å². The van der Waals surface area contributed by atoms with Crippen molar-refractivity contribution in [2.24, 2.45) is 0 Å². The number of rotatable bonds is 2. The van der Waals surface area contributed by atoms with Gasteiger partial charge in [-0.05, 0) is 0 Å². The van der Waals surface area contributed by atoms with Crippen LogP contribution in [0.5, 0.6) is 0 Å². The summed E-state index contributed by atoms with van der Waals surface area (Å²) < 4.78 is 4.32. The van der Waals surface area contributed by atoms with Gasteiger partial charge in [0.1, 0.15) is 6.10 Å². The maximum absolute atomic E-state index is 10.5. The quantitative estimate of drug-likeness (QED) is 0.350. The first-order valence-corrected chi connectivity index (χ1v) is 3.20. The van der Waals surface area contributed by atoms with Crippen molar-refractivity contribution in [1.29, 1.82) is 0 Å². The number of ether oxygens (including phenoxy) is 1. The molecule has 0 amide bonds. The molecule has 0 aromatic rings. The second-order valence-corrected chi connectivity index (χ2v) is 2.31. The molecule has 0 radical (unpaired) electrons. The van der Waals surface area contributed by atoms with Crippen molar-refractivity contribution in [2.75, 3.05) is 6.61 Å². The summed E-state index contributed by atoms with van der Waals surface area (Å²) in [7, 11) is 0. The molecule has 7 heteroatoms. The molecule has 1 heterocycles. The molecule has 6 nitrogen and oxygen atoms in total. The third-order valence-electron chi connectivity index (χ3n) is 1.48. The molecular formula is C6H8O6Zn+2. The van der Waals surface area contributed by atoms with Crippen LogP contribution in [0.3, 0.4) is 0 Å². The fraction of sp³-hybridized carbons (Fsp3) is 0.500. The van der Waals surface area contributed by atoms with Crippen LogP contribution in [0, 0.1) is 0 Å². The van der Waals surface area contributed by atoms with Crippen molar-refractivity contribution in [1.82, 2.24) is 0 Å². The van der Waals surface area contributed by atoms with Crippen molar-refractivity contribution < 1.29 is 49.4 Å². The van der Waals surface area contributed by atoms with Gasteiger partial charge in [-0.25, -0.2) is 4.79 Å². The zero-order valence-corrected chi connectivity index (χ0v) is 9.64. The zero-order valence-electron chi connectivity index (χ0n) is 6.67. The van der Waals surface area contributed by atoms with Crippen molar-refractivity contribution in [3.63, 3.8) is 0 Å². The number of aliphatic hydroxyl groups excluding tert-OH is 4. The monoisotopic (exact) mass is 240 g/mol. The molecule has 0 spiro atoms. The number of carbonyl (C=O) groups excluding carboxylic acids is 1. The molecule has 2 atom stereocenters. The first-order chi connectivity index (χ1) is 5.57. The molecule has 0 aliphatic carbocycles. The second kappa shape index (κ2) is 4.55. The van der Waals surface area contributed by atoms with Gasteiger partial charge in [0.15, 0.2) is 11.9 Å². The molecule has 0 unspecified atom stereocenters. The van der Waals surface area contributed by atoms with Crippen LogP contribution >= 0.6 is 0 Å². The normalized spacial score (nSPS) is 23.8. The van der Waals surface area contributed by atoms with E-state index < -0.39 is 36.3 Å². The van der Waals surface area contributed by atoms with Crippen LogP contribution in [0.4, 0.5) is 0 Å². The molecule has 68 valence electrons. The van der Waals surface area contributed by atoms with E-state index >= 15 is 0 Å². The average Bonchev–Trinajstić information content (AvgIpc) is 2.32. The molecule has 1 aliphatic heterocycles. The Balaban J connectivity index is 0.00000144. The molecule has 13 heavy (non-hydrogen) atoms. The Hall–Kier alpha value is -0.647. The molecule has 1 rings (SSSR count). The van der Waals surface area contributed by atoms with E-state index in [1.165, 1.54) is 0 Å². The average molecular weight is 242 g/mol. The van der Waals surface area contributed by atoms with Gasteiger partial charge in [-0.2, -0.15) is 0 Å². The van der Waals surface area contributed by atoms with Gasteiger partial charge in [0.25, 0.3) is 0 Å². The number of esters is 1. The molecule has 0 fully saturated rings. The number of hydrogen-bond acceptors (Lipinski definition) is 6. The van der Waals surface area contributed by atoms with Crippen LogP contribution < -0.4 is 0 Å². The molecule has 0 saturated carbocycles. The second-order valence-electron chi connectivity index (χ2n) is 2.31. The number of cyclic esters (lactones) is 1. The summed E-state index contributed by atoms with van der Waals surface area (Å²) in [6.45, 7) is -0.671. The Labute approximate surface area is 86.2 Å². The van der Waals surface area contributed by atoms with Gasteiger partial charge in [-0.3, -0.25) is 0 Å². The van der Waals surface area contributed by atoms with Gasteiger partial charge < -0.3 is 25.2 Å². The summed E-state index contributed by atoms with van der Waals surface area (Å²) in [5, 5.41) is 35.0. The van der Waals surface area contributed by atoms with Crippen molar-refractivity contribution in [2.45, 2.75) is 12.2 Å². The van der Waals surface area contributed by atoms with E-state index in [1.54, 1.807) is 0 Å². The van der Waals surface area contributed by atoms with Gasteiger partial charge in [-0.15, -0.1) is 0 Å². The maximum atomic E-state index is 10.5. The van der Waals surface area contributed by atoms with Gasteiger partial charge in [-0.1, -0.05) is 0 Å². The fourth-order valence-corrected chi connectivity index (χ4v) is 0.823. The predicted molar refractivity (Wildman–Crippen MR) is 35.3 cm³/mol. The van der Waals surface area contributed by atoms with E-state index in [2.05, 4.69) is 4.74 Å². The Kier molecular flexibility index (Phi) is 4.32. The van der Waals surface area contributed by atoms with Crippen LogP contribution in [0.15, 0.2) is 11.5 Å².